The van der Waals surface area contributed by atoms with Gasteiger partial charge in [0.15, 0.2) is 0 Å². The third-order valence-electron chi connectivity index (χ3n) is 4.42. The molecule has 2 aromatic carbocycles. The van der Waals surface area contributed by atoms with Crippen LogP contribution in [0.1, 0.15) is 17.0 Å². The van der Waals surface area contributed by atoms with Crippen LogP contribution in [0.25, 0.3) is 21.9 Å². The molecule has 25 heavy (non-hydrogen) atoms. The zero-order valence-electron chi connectivity index (χ0n) is 14.1. The highest BCUT2D eigenvalue weighted by atomic mass is 16.1. The van der Waals surface area contributed by atoms with E-state index in [-0.39, 0.29) is 5.91 Å². The van der Waals surface area contributed by atoms with Gasteiger partial charge in [-0.05, 0) is 42.7 Å². The molecule has 0 aliphatic heterocycles. The van der Waals surface area contributed by atoms with Crippen molar-refractivity contribution >= 4 is 27.8 Å². The van der Waals surface area contributed by atoms with Gasteiger partial charge in [0, 0.05) is 23.6 Å². The van der Waals surface area contributed by atoms with E-state index in [2.05, 4.69) is 32.4 Å². The van der Waals surface area contributed by atoms with Crippen molar-refractivity contribution in [3.05, 3.63) is 65.6 Å². The Labute approximate surface area is 145 Å². The van der Waals surface area contributed by atoms with Crippen LogP contribution in [0, 0.1) is 6.92 Å². The minimum atomic E-state index is 0.0374. The number of fused-ring (bicyclic) bond motifs is 2. The fourth-order valence-electron chi connectivity index (χ4n) is 3.22. The Balaban J connectivity index is 1.35. The molecule has 0 saturated carbocycles. The van der Waals surface area contributed by atoms with Crippen molar-refractivity contribution in [2.24, 2.45) is 0 Å². The molecular formula is C20H20N4O. The van der Waals surface area contributed by atoms with Gasteiger partial charge in [0.2, 0.25) is 5.91 Å². The van der Waals surface area contributed by atoms with Gasteiger partial charge in [-0.15, -0.1) is 0 Å². The van der Waals surface area contributed by atoms with E-state index in [1.165, 1.54) is 10.9 Å². The maximum atomic E-state index is 12.2. The van der Waals surface area contributed by atoms with Crippen molar-refractivity contribution in [1.82, 2.24) is 20.3 Å². The summed E-state index contributed by atoms with van der Waals surface area (Å²) < 4.78 is 0. The van der Waals surface area contributed by atoms with Crippen LogP contribution in [0.15, 0.2) is 48.7 Å². The number of nitrogens with one attached hydrogen (secondary N) is 3. The summed E-state index contributed by atoms with van der Waals surface area (Å²) >= 11 is 0. The number of aromatic amines is 2. The van der Waals surface area contributed by atoms with Crippen molar-refractivity contribution in [1.29, 1.82) is 0 Å². The summed E-state index contributed by atoms with van der Waals surface area (Å²) in [4.78, 5) is 23.0. The lowest BCUT2D eigenvalue weighted by molar-refractivity contribution is -0.120. The summed E-state index contributed by atoms with van der Waals surface area (Å²) in [6.45, 7) is 2.56. The number of H-pyrrole nitrogens is 2. The van der Waals surface area contributed by atoms with Crippen LogP contribution in [-0.2, 0) is 17.6 Å². The minimum absolute atomic E-state index is 0.0374. The topological polar surface area (TPSA) is 73.6 Å². The molecule has 126 valence electrons. The standard InChI is InChI=1S/C20H20N4O/c1-13-23-18-7-6-14(10-19(18)24-13)11-20(25)21-9-8-15-12-22-17-5-3-2-4-16(15)17/h2-7,10,12,22H,8-9,11H2,1H3,(H,21,25)(H,23,24). The summed E-state index contributed by atoms with van der Waals surface area (Å²) in [5, 5.41) is 4.23. The van der Waals surface area contributed by atoms with E-state index >= 15 is 0 Å². The molecule has 0 radical (unpaired) electrons. The summed E-state index contributed by atoms with van der Waals surface area (Å²) in [5.74, 6) is 0.922. The molecule has 0 unspecified atom stereocenters. The number of carbonyl (C=O) groups excluding carboxylic acids is 1. The van der Waals surface area contributed by atoms with Gasteiger partial charge in [0.05, 0.1) is 17.5 Å². The predicted octanol–water partition coefficient (Wildman–Crippen LogP) is 3.25. The second-order valence-corrected chi connectivity index (χ2v) is 6.31. The number of imidazole rings is 1. The van der Waals surface area contributed by atoms with Crippen LogP contribution in [0.5, 0.6) is 0 Å². The molecular weight excluding hydrogens is 312 g/mol. The lowest BCUT2D eigenvalue weighted by Gasteiger charge is -2.05. The number of carbonyl (C=O) groups is 1. The Morgan fingerprint density at radius 3 is 2.96 bits per heavy atom. The fraction of sp³-hybridized carbons (Fsp3) is 0.200. The van der Waals surface area contributed by atoms with Gasteiger partial charge >= 0.3 is 0 Å². The number of aromatic nitrogens is 3. The number of nitrogens with zero attached hydrogens (tertiary/aromatic N) is 1. The SMILES string of the molecule is Cc1nc2ccc(CC(=O)NCCc3c[nH]c4ccccc34)cc2[nH]1. The van der Waals surface area contributed by atoms with Crippen molar-refractivity contribution in [2.45, 2.75) is 19.8 Å². The monoisotopic (exact) mass is 332 g/mol. The van der Waals surface area contributed by atoms with Gasteiger partial charge in [-0.25, -0.2) is 4.98 Å². The molecule has 0 saturated heterocycles. The molecule has 0 atom stereocenters. The average molecular weight is 332 g/mol. The number of aryl methyl sites for hydroxylation is 1. The van der Waals surface area contributed by atoms with Gasteiger partial charge in [0.1, 0.15) is 5.82 Å². The van der Waals surface area contributed by atoms with Crippen LogP contribution < -0.4 is 5.32 Å². The zero-order valence-corrected chi connectivity index (χ0v) is 14.1. The Morgan fingerprint density at radius 1 is 1.16 bits per heavy atom. The summed E-state index contributed by atoms with van der Waals surface area (Å²) in [6, 6.07) is 14.1. The Bertz CT molecular complexity index is 1040. The van der Waals surface area contributed by atoms with Crippen molar-refractivity contribution in [3.8, 4) is 0 Å². The van der Waals surface area contributed by atoms with Crippen LogP contribution in [-0.4, -0.2) is 27.4 Å². The van der Waals surface area contributed by atoms with Crippen LogP contribution in [0.4, 0.5) is 0 Å². The molecule has 0 fully saturated rings. The molecule has 0 aliphatic rings. The Morgan fingerprint density at radius 2 is 2.04 bits per heavy atom. The van der Waals surface area contributed by atoms with Crippen molar-refractivity contribution < 1.29 is 4.79 Å². The molecule has 2 heterocycles. The van der Waals surface area contributed by atoms with Crippen LogP contribution in [0.2, 0.25) is 0 Å². The van der Waals surface area contributed by atoms with E-state index in [1.54, 1.807) is 0 Å². The molecule has 2 aromatic heterocycles. The molecule has 3 N–H and O–H groups in total. The number of rotatable bonds is 5. The lowest BCUT2D eigenvalue weighted by Crippen LogP contribution is -2.27. The number of hydrogen-bond donors (Lipinski definition) is 3. The molecule has 5 nitrogen and oxygen atoms in total. The van der Waals surface area contributed by atoms with E-state index in [0.29, 0.717) is 13.0 Å². The fourth-order valence-corrected chi connectivity index (χ4v) is 3.22. The van der Waals surface area contributed by atoms with E-state index in [9.17, 15) is 4.79 Å². The first kappa shape index (κ1) is 15.4. The predicted molar refractivity (Wildman–Crippen MR) is 99.5 cm³/mol. The molecule has 5 heteroatoms. The molecule has 0 aliphatic carbocycles. The number of amides is 1. The first-order chi connectivity index (χ1) is 12.2. The van der Waals surface area contributed by atoms with Gasteiger partial charge in [0.25, 0.3) is 0 Å². The van der Waals surface area contributed by atoms with Gasteiger partial charge in [-0.2, -0.15) is 0 Å². The van der Waals surface area contributed by atoms with Crippen molar-refractivity contribution in [3.63, 3.8) is 0 Å². The second kappa shape index (κ2) is 6.43. The lowest BCUT2D eigenvalue weighted by atomic mass is 10.1. The highest BCUT2D eigenvalue weighted by Crippen LogP contribution is 2.18. The third kappa shape index (κ3) is 3.26. The third-order valence-corrected chi connectivity index (χ3v) is 4.42. The molecule has 0 bridgehead atoms. The molecule has 4 aromatic rings. The molecule has 1 amide bonds. The first-order valence-electron chi connectivity index (χ1n) is 8.46. The number of benzene rings is 2. The van der Waals surface area contributed by atoms with Crippen LogP contribution >= 0.6 is 0 Å². The maximum Gasteiger partial charge on any atom is 0.224 e. The Hall–Kier alpha value is -3.08. The van der Waals surface area contributed by atoms with Gasteiger partial charge in [-0.1, -0.05) is 24.3 Å². The van der Waals surface area contributed by atoms with Crippen molar-refractivity contribution in [2.75, 3.05) is 6.54 Å². The maximum absolute atomic E-state index is 12.2. The smallest absolute Gasteiger partial charge is 0.224 e. The average Bonchev–Trinajstić information content (AvgIpc) is 3.17. The normalized spacial score (nSPS) is 11.2. The summed E-state index contributed by atoms with van der Waals surface area (Å²) in [7, 11) is 0. The van der Waals surface area contributed by atoms with E-state index in [4.69, 9.17) is 0 Å². The highest BCUT2D eigenvalue weighted by Gasteiger charge is 2.07. The highest BCUT2D eigenvalue weighted by molar-refractivity contribution is 5.84. The zero-order chi connectivity index (χ0) is 17.2. The van der Waals surface area contributed by atoms with E-state index in [1.807, 2.05) is 43.5 Å². The van der Waals surface area contributed by atoms with Gasteiger partial charge in [-0.3, -0.25) is 4.79 Å². The first-order valence-corrected chi connectivity index (χ1v) is 8.46. The number of hydrogen-bond acceptors (Lipinski definition) is 2. The van der Waals surface area contributed by atoms with Crippen LogP contribution in [0.3, 0.4) is 0 Å². The van der Waals surface area contributed by atoms with E-state index < -0.39 is 0 Å². The molecule has 0 spiro atoms. The molecule has 4 rings (SSSR count). The summed E-state index contributed by atoms with van der Waals surface area (Å²) in [6.07, 6.45) is 3.21. The second-order valence-electron chi connectivity index (χ2n) is 6.31. The van der Waals surface area contributed by atoms with E-state index in [0.717, 1.165) is 34.4 Å². The largest absolute Gasteiger partial charge is 0.361 e. The quantitative estimate of drug-likeness (QED) is 0.525. The minimum Gasteiger partial charge on any atom is -0.361 e. The van der Waals surface area contributed by atoms with Gasteiger partial charge < -0.3 is 15.3 Å². The summed E-state index contributed by atoms with van der Waals surface area (Å²) in [5.41, 5.74) is 5.25. The number of para-hydroxylation sites is 1. The Kier molecular flexibility index (Phi) is 3.98.